The fourth-order valence-corrected chi connectivity index (χ4v) is 4.16. The summed E-state index contributed by atoms with van der Waals surface area (Å²) in [6.45, 7) is 2.27. The number of aromatic nitrogens is 2. The van der Waals surface area contributed by atoms with Crippen molar-refractivity contribution in [2.24, 2.45) is 5.92 Å². The third-order valence-corrected chi connectivity index (χ3v) is 5.89. The Hall–Kier alpha value is -2.30. The van der Waals surface area contributed by atoms with Gasteiger partial charge in [-0.3, -0.25) is 0 Å². The Morgan fingerprint density at radius 1 is 0.929 bits per heavy atom. The zero-order valence-electron chi connectivity index (χ0n) is 17.1. The second-order valence-corrected chi connectivity index (χ2v) is 8.12. The molecule has 152 valence electrons. The Balaban J connectivity index is 1.45. The van der Waals surface area contributed by atoms with Crippen molar-refractivity contribution in [3.63, 3.8) is 0 Å². The maximum absolute atomic E-state index is 5.93. The number of nitrogens with zero attached hydrogens (tertiary/aromatic N) is 2. The van der Waals surface area contributed by atoms with Crippen LogP contribution in [0.3, 0.4) is 0 Å². The van der Waals surface area contributed by atoms with Gasteiger partial charge in [0.15, 0.2) is 5.75 Å². The molecule has 3 rings (SSSR count). The Kier molecular flexibility index (Phi) is 7.52. The van der Waals surface area contributed by atoms with Crippen LogP contribution in [0.4, 0.5) is 11.4 Å². The standard InChI is InChI=1S/C23H34N4O/c1-2-3-4-5-6-7-17-8-10-18(11-9-17)21-13-15-23(27-26-21)28-22-14-12-19(24)16-20(22)25/h12-18H,2-11,24-25H2,1H3. The highest BCUT2D eigenvalue weighted by Crippen LogP contribution is 2.37. The van der Waals surface area contributed by atoms with Gasteiger partial charge in [0, 0.05) is 17.7 Å². The molecule has 0 radical (unpaired) electrons. The van der Waals surface area contributed by atoms with Crippen molar-refractivity contribution in [2.75, 3.05) is 11.5 Å². The van der Waals surface area contributed by atoms with Gasteiger partial charge in [0.25, 0.3) is 0 Å². The summed E-state index contributed by atoms with van der Waals surface area (Å²) >= 11 is 0. The van der Waals surface area contributed by atoms with Crippen LogP contribution >= 0.6 is 0 Å². The molecule has 0 aliphatic heterocycles. The molecule has 1 aliphatic rings. The third-order valence-electron chi connectivity index (χ3n) is 5.89. The molecule has 1 fully saturated rings. The third kappa shape index (κ3) is 5.85. The fourth-order valence-electron chi connectivity index (χ4n) is 4.16. The normalized spacial score (nSPS) is 19.5. The number of hydrogen-bond donors (Lipinski definition) is 2. The maximum atomic E-state index is 5.93. The van der Waals surface area contributed by atoms with E-state index in [1.54, 1.807) is 18.2 Å². The zero-order chi connectivity index (χ0) is 19.8. The summed E-state index contributed by atoms with van der Waals surface area (Å²) in [5.41, 5.74) is 13.8. The Morgan fingerprint density at radius 2 is 1.71 bits per heavy atom. The Morgan fingerprint density at radius 3 is 2.39 bits per heavy atom. The van der Waals surface area contributed by atoms with Gasteiger partial charge < -0.3 is 16.2 Å². The summed E-state index contributed by atoms with van der Waals surface area (Å²) in [6, 6.07) is 9.13. The van der Waals surface area contributed by atoms with E-state index in [1.807, 2.05) is 12.1 Å². The lowest BCUT2D eigenvalue weighted by atomic mass is 9.78. The van der Waals surface area contributed by atoms with Crippen LogP contribution in [-0.4, -0.2) is 10.2 Å². The lowest BCUT2D eigenvalue weighted by Gasteiger charge is -2.28. The van der Waals surface area contributed by atoms with E-state index in [-0.39, 0.29) is 0 Å². The predicted molar refractivity (Wildman–Crippen MR) is 115 cm³/mol. The van der Waals surface area contributed by atoms with Crippen LogP contribution in [0.5, 0.6) is 11.6 Å². The van der Waals surface area contributed by atoms with E-state index in [0.717, 1.165) is 11.6 Å². The van der Waals surface area contributed by atoms with Crippen LogP contribution in [0.1, 0.15) is 82.7 Å². The molecule has 4 N–H and O–H groups in total. The van der Waals surface area contributed by atoms with Gasteiger partial charge in [-0.15, -0.1) is 5.10 Å². The quantitative estimate of drug-likeness (QED) is 0.406. The molecule has 0 amide bonds. The predicted octanol–water partition coefficient (Wildman–Crippen LogP) is 6.07. The van der Waals surface area contributed by atoms with Crippen LogP contribution in [0, 0.1) is 5.92 Å². The number of hydrogen-bond acceptors (Lipinski definition) is 5. The average Bonchev–Trinajstić information content (AvgIpc) is 2.71. The van der Waals surface area contributed by atoms with Crippen LogP contribution in [0.2, 0.25) is 0 Å². The first-order chi connectivity index (χ1) is 13.7. The van der Waals surface area contributed by atoms with Crippen molar-refractivity contribution in [3.8, 4) is 11.6 Å². The minimum Gasteiger partial charge on any atom is -0.435 e. The van der Waals surface area contributed by atoms with Crippen LogP contribution < -0.4 is 16.2 Å². The second kappa shape index (κ2) is 10.3. The van der Waals surface area contributed by atoms with Gasteiger partial charge in [0.1, 0.15) is 0 Å². The number of unbranched alkanes of at least 4 members (excludes halogenated alkanes) is 4. The molecule has 0 unspecified atom stereocenters. The first kappa shape index (κ1) is 20.4. The molecule has 1 aliphatic carbocycles. The van der Waals surface area contributed by atoms with Gasteiger partial charge in [-0.2, -0.15) is 5.10 Å². The monoisotopic (exact) mass is 382 g/mol. The average molecular weight is 383 g/mol. The largest absolute Gasteiger partial charge is 0.435 e. The summed E-state index contributed by atoms with van der Waals surface area (Å²) in [4.78, 5) is 0. The van der Waals surface area contributed by atoms with Gasteiger partial charge in [-0.25, -0.2) is 0 Å². The number of nitrogen functional groups attached to an aromatic ring is 2. The van der Waals surface area contributed by atoms with Crippen LogP contribution in [-0.2, 0) is 0 Å². The highest BCUT2D eigenvalue weighted by Gasteiger charge is 2.23. The smallest absolute Gasteiger partial charge is 0.238 e. The maximum Gasteiger partial charge on any atom is 0.238 e. The molecule has 0 atom stereocenters. The van der Waals surface area contributed by atoms with E-state index in [4.69, 9.17) is 16.2 Å². The van der Waals surface area contributed by atoms with Crippen molar-refractivity contribution in [3.05, 3.63) is 36.0 Å². The highest BCUT2D eigenvalue weighted by molar-refractivity contribution is 5.61. The minimum absolute atomic E-state index is 0.459. The van der Waals surface area contributed by atoms with Crippen molar-refractivity contribution in [2.45, 2.75) is 77.0 Å². The molecule has 5 nitrogen and oxygen atoms in total. The van der Waals surface area contributed by atoms with Crippen LogP contribution in [0.15, 0.2) is 30.3 Å². The van der Waals surface area contributed by atoms with Crippen molar-refractivity contribution in [1.29, 1.82) is 0 Å². The summed E-state index contributed by atoms with van der Waals surface area (Å²) in [5, 5.41) is 8.68. The lowest BCUT2D eigenvalue weighted by molar-refractivity contribution is 0.298. The summed E-state index contributed by atoms with van der Waals surface area (Å²) < 4.78 is 5.74. The minimum atomic E-state index is 0.459. The molecule has 1 aromatic carbocycles. The Bertz CT molecular complexity index is 724. The number of ether oxygens (including phenoxy) is 1. The van der Waals surface area contributed by atoms with E-state index in [1.165, 1.54) is 64.2 Å². The molecule has 1 aromatic heterocycles. The number of anilines is 2. The van der Waals surface area contributed by atoms with Crippen molar-refractivity contribution >= 4 is 11.4 Å². The van der Waals surface area contributed by atoms with Crippen molar-refractivity contribution in [1.82, 2.24) is 10.2 Å². The van der Waals surface area contributed by atoms with E-state index in [2.05, 4.69) is 17.1 Å². The molecule has 0 saturated heterocycles. The highest BCUT2D eigenvalue weighted by atomic mass is 16.5. The van der Waals surface area contributed by atoms with Crippen LogP contribution in [0.25, 0.3) is 0 Å². The molecule has 1 saturated carbocycles. The SMILES string of the molecule is CCCCCCCC1CCC(c2ccc(Oc3ccc(N)cc3N)nn2)CC1. The molecular formula is C23H34N4O. The van der Waals surface area contributed by atoms with E-state index in [0.29, 0.717) is 28.9 Å². The molecule has 0 bridgehead atoms. The van der Waals surface area contributed by atoms with E-state index < -0.39 is 0 Å². The first-order valence-corrected chi connectivity index (χ1v) is 10.8. The van der Waals surface area contributed by atoms with E-state index >= 15 is 0 Å². The number of benzene rings is 1. The molecule has 1 heterocycles. The van der Waals surface area contributed by atoms with Gasteiger partial charge >= 0.3 is 0 Å². The second-order valence-electron chi connectivity index (χ2n) is 8.12. The summed E-state index contributed by atoms with van der Waals surface area (Å²) in [6.07, 6.45) is 13.4. The molecule has 5 heteroatoms. The van der Waals surface area contributed by atoms with Gasteiger partial charge in [0.05, 0.1) is 11.4 Å². The fraction of sp³-hybridized carbons (Fsp3) is 0.565. The van der Waals surface area contributed by atoms with Crippen molar-refractivity contribution < 1.29 is 4.74 Å². The Labute approximate surface area is 168 Å². The van der Waals surface area contributed by atoms with Gasteiger partial charge in [-0.1, -0.05) is 45.4 Å². The van der Waals surface area contributed by atoms with E-state index in [9.17, 15) is 0 Å². The summed E-state index contributed by atoms with van der Waals surface area (Å²) in [7, 11) is 0. The lowest BCUT2D eigenvalue weighted by Crippen LogP contribution is -2.14. The number of rotatable bonds is 9. The topological polar surface area (TPSA) is 87.0 Å². The molecular weight excluding hydrogens is 348 g/mol. The summed E-state index contributed by atoms with van der Waals surface area (Å²) in [5.74, 6) is 2.44. The first-order valence-electron chi connectivity index (χ1n) is 10.8. The van der Waals surface area contributed by atoms with Gasteiger partial charge in [-0.05, 0) is 55.9 Å². The molecule has 28 heavy (non-hydrogen) atoms. The number of nitrogens with two attached hydrogens (primary N) is 2. The molecule has 2 aromatic rings. The van der Waals surface area contributed by atoms with Gasteiger partial charge in [0.2, 0.25) is 5.88 Å². The zero-order valence-corrected chi connectivity index (χ0v) is 17.1. The molecule has 0 spiro atoms.